The first kappa shape index (κ1) is 8.73. The van der Waals surface area contributed by atoms with Gasteiger partial charge in [-0.25, -0.2) is 0 Å². The highest BCUT2D eigenvalue weighted by molar-refractivity contribution is 5.39. The van der Waals surface area contributed by atoms with Crippen LogP contribution in [0.15, 0.2) is 30.3 Å². The first-order valence-electron chi connectivity index (χ1n) is 4.55. The minimum absolute atomic E-state index is 0.0238. The lowest BCUT2D eigenvalue weighted by atomic mass is 9.97. The first-order chi connectivity index (χ1) is 6.21. The number of nitrogens with two attached hydrogens (primary N) is 1. The van der Waals surface area contributed by atoms with E-state index in [1.165, 1.54) is 5.56 Å². The molecular formula is C11H15NO. The fourth-order valence-corrected chi connectivity index (χ4v) is 2.05. The van der Waals surface area contributed by atoms with E-state index in [9.17, 15) is 0 Å². The highest BCUT2D eigenvalue weighted by Crippen LogP contribution is 2.48. The lowest BCUT2D eigenvalue weighted by molar-refractivity contribution is 0.162. The lowest BCUT2D eigenvalue weighted by Crippen LogP contribution is -2.14. The standard InChI is InChI=1S/C11H15NO/c1-11(9(12)10(11)13-2)8-6-4-3-5-7-8/h3-7,9-10H,12H2,1-2H3/t9-,10-,11+/m0/s1. The Balaban J connectivity index is 2.29. The smallest absolute Gasteiger partial charge is 0.0841 e. The molecule has 2 rings (SSSR count). The third kappa shape index (κ3) is 1.10. The highest BCUT2D eigenvalue weighted by atomic mass is 16.5. The average Bonchev–Trinajstić information content (AvgIpc) is 2.72. The van der Waals surface area contributed by atoms with Crippen molar-refractivity contribution in [1.29, 1.82) is 0 Å². The number of ether oxygens (including phenoxy) is 1. The maximum absolute atomic E-state index is 5.96. The second-order valence-corrected chi connectivity index (χ2v) is 3.83. The van der Waals surface area contributed by atoms with E-state index in [0.29, 0.717) is 0 Å². The van der Waals surface area contributed by atoms with Crippen LogP contribution in [0.2, 0.25) is 0 Å². The van der Waals surface area contributed by atoms with E-state index < -0.39 is 0 Å². The summed E-state index contributed by atoms with van der Waals surface area (Å²) in [5, 5.41) is 0. The van der Waals surface area contributed by atoms with E-state index >= 15 is 0 Å². The van der Waals surface area contributed by atoms with Crippen LogP contribution in [0.25, 0.3) is 0 Å². The molecule has 70 valence electrons. The molecule has 0 amide bonds. The van der Waals surface area contributed by atoms with Crippen molar-refractivity contribution in [2.75, 3.05) is 7.11 Å². The molecule has 0 heterocycles. The van der Waals surface area contributed by atoms with E-state index in [0.717, 1.165) is 0 Å². The summed E-state index contributed by atoms with van der Waals surface area (Å²) < 4.78 is 5.32. The van der Waals surface area contributed by atoms with Crippen LogP contribution in [0.3, 0.4) is 0 Å². The predicted molar refractivity (Wildman–Crippen MR) is 52.6 cm³/mol. The number of rotatable bonds is 2. The minimum atomic E-state index is 0.0238. The molecule has 0 aliphatic heterocycles. The van der Waals surface area contributed by atoms with Gasteiger partial charge in [-0.05, 0) is 5.56 Å². The van der Waals surface area contributed by atoms with Gasteiger partial charge in [0.2, 0.25) is 0 Å². The van der Waals surface area contributed by atoms with Gasteiger partial charge >= 0.3 is 0 Å². The van der Waals surface area contributed by atoms with Gasteiger partial charge in [-0.15, -0.1) is 0 Å². The summed E-state index contributed by atoms with van der Waals surface area (Å²) in [4.78, 5) is 0. The number of benzene rings is 1. The van der Waals surface area contributed by atoms with Crippen molar-refractivity contribution < 1.29 is 4.74 Å². The van der Waals surface area contributed by atoms with Gasteiger partial charge in [-0.3, -0.25) is 0 Å². The molecule has 0 saturated heterocycles. The van der Waals surface area contributed by atoms with Gasteiger partial charge in [0.15, 0.2) is 0 Å². The van der Waals surface area contributed by atoms with E-state index in [1.54, 1.807) is 7.11 Å². The second-order valence-electron chi connectivity index (χ2n) is 3.83. The molecule has 0 radical (unpaired) electrons. The van der Waals surface area contributed by atoms with Crippen LogP contribution in [0.1, 0.15) is 12.5 Å². The molecule has 0 unspecified atom stereocenters. The number of hydrogen-bond acceptors (Lipinski definition) is 2. The summed E-state index contributed by atoms with van der Waals surface area (Å²) in [6, 6.07) is 10.5. The topological polar surface area (TPSA) is 35.2 Å². The molecule has 13 heavy (non-hydrogen) atoms. The fraction of sp³-hybridized carbons (Fsp3) is 0.455. The average molecular weight is 177 g/mol. The Labute approximate surface area is 78.7 Å². The van der Waals surface area contributed by atoms with Gasteiger partial charge in [0.25, 0.3) is 0 Å². The van der Waals surface area contributed by atoms with Crippen molar-refractivity contribution >= 4 is 0 Å². The second kappa shape index (κ2) is 2.82. The van der Waals surface area contributed by atoms with E-state index in [-0.39, 0.29) is 17.6 Å². The van der Waals surface area contributed by atoms with Crippen LogP contribution < -0.4 is 5.73 Å². The molecule has 1 saturated carbocycles. The zero-order valence-corrected chi connectivity index (χ0v) is 8.03. The largest absolute Gasteiger partial charge is 0.379 e. The minimum Gasteiger partial charge on any atom is -0.379 e. The zero-order valence-electron chi connectivity index (χ0n) is 8.03. The van der Waals surface area contributed by atoms with Gasteiger partial charge in [0.05, 0.1) is 6.10 Å². The molecule has 3 atom stereocenters. The summed E-state index contributed by atoms with van der Waals surface area (Å²) in [6.07, 6.45) is 0.176. The van der Waals surface area contributed by atoms with Gasteiger partial charge in [-0.1, -0.05) is 37.3 Å². The van der Waals surface area contributed by atoms with Crippen LogP contribution in [-0.4, -0.2) is 19.3 Å². The molecular weight excluding hydrogens is 162 g/mol. The summed E-state index contributed by atoms with van der Waals surface area (Å²) >= 11 is 0. The molecule has 1 fully saturated rings. The van der Waals surface area contributed by atoms with Crippen LogP contribution in [0.4, 0.5) is 0 Å². The SMILES string of the molecule is CO[C@H]1[C@H](N)[C@@]1(C)c1ccccc1. The van der Waals surface area contributed by atoms with Gasteiger partial charge in [-0.2, -0.15) is 0 Å². The van der Waals surface area contributed by atoms with E-state index in [1.807, 2.05) is 18.2 Å². The Bertz CT molecular complexity index is 298. The zero-order chi connectivity index (χ0) is 9.47. The van der Waals surface area contributed by atoms with Crippen LogP contribution in [0, 0.1) is 0 Å². The van der Waals surface area contributed by atoms with E-state index in [2.05, 4.69) is 19.1 Å². The molecule has 2 heteroatoms. The van der Waals surface area contributed by atoms with Crippen molar-refractivity contribution in [1.82, 2.24) is 0 Å². The Morgan fingerprint density at radius 3 is 2.38 bits per heavy atom. The Kier molecular flexibility index (Phi) is 1.90. The maximum atomic E-state index is 5.96. The summed E-state index contributed by atoms with van der Waals surface area (Å²) in [6.45, 7) is 2.15. The van der Waals surface area contributed by atoms with Crippen LogP contribution in [0.5, 0.6) is 0 Å². The van der Waals surface area contributed by atoms with Crippen LogP contribution in [-0.2, 0) is 10.2 Å². The third-order valence-electron chi connectivity index (χ3n) is 3.15. The molecule has 0 bridgehead atoms. The number of methoxy groups -OCH3 is 1. The number of hydrogen-bond donors (Lipinski definition) is 1. The third-order valence-corrected chi connectivity index (χ3v) is 3.15. The molecule has 0 aromatic heterocycles. The fourth-order valence-electron chi connectivity index (χ4n) is 2.05. The van der Waals surface area contributed by atoms with E-state index in [4.69, 9.17) is 10.5 Å². The summed E-state index contributed by atoms with van der Waals surface area (Å²) in [5.41, 5.74) is 7.26. The molecule has 2 N–H and O–H groups in total. The van der Waals surface area contributed by atoms with Crippen molar-refractivity contribution in [3.05, 3.63) is 35.9 Å². The molecule has 1 aromatic rings. The maximum Gasteiger partial charge on any atom is 0.0841 e. The monoisotopic (exact) mass is 177 g/mol. The highest BCUT2D eigenvalue weighted by Gasteiger charge is 2.61. The van der Waals surface area contributed by atoms with Gasteiger partial charge < -0.3 is 10.5 Å². The molecule has 1 aliphatic carbocycles. The Morgan fingerprint density at radius 1 is 1.31 bits per heavy atom. The van der Waals surface area contributed by atoms with Crippen LogP contribution >= 0.6 is 0 Å². The quantitative estimate of drug-likeness (QED) is 0.739. The summed E-state index contributed by atoms with van der Waals surface area (Å²) in [5.74, 6) is 0. The molecule has 0 spiro atoms. The van der Waals surface area contributed by atoms with Crippen molar-refractivity contribution in [2.24, 2.45) is 5.73 Å². The van der Waals surface area contributed by atoms with Crippen molar-refractivity contribution in [3.8, 4) is 0 Å². The lowest BCUT2D eigenvalue weighted by Gasteiger charge is -2.10. The first-order valence-corrected chi connectivity index (χ1v) is 4.55. The molecule has 1 aliphatic rings. The van der Waals surface area contributed by atoms with Gasteiger partial charge in [0.1, 0.15) is 0 Å². The normalized spacial score (nSPS) is 37.5. The van der Waals surface area contributed by atoms with Crippen molar-refractivity contribution in [2.45, 2.75) is 24.5 Å². The molecule has 1 aromatic carbocycles. The summed E-state index contributed by atoms with van der Waals surface area (Å²) in [7, 11) is 1.72. The predicted octanol–water partition coefficient (Wildman–Crippen LogP) is 1.30. The Hall–Kier alpha value is -0.860. The Morgan fingerprint density at radius 2 is 1.92 bits per heavy atom. The van der Waals surface area contributed by atoms with Crippen molar-refractivity contribution in [3.63, 3.8) is 0 Å². The van der Waals surface area contributed by atoms with Gasteiger partial charge in [0, 0.05) is 18.6 Å². The molecule has 2 nitrogen and oxygen atoms in total.